The van der Waals surface area contributed by atoms with E-state index in [9.17, 15) is 26.8 Å². The van der Waals surface area contributed by atoms with E-state index in [0.29, 0.717) is 10.7 Å². The van der Waals surface area contributed by atoms with Crippen LogP contribution in [0.4, 0.5) is 14.6 Å². The van der Waals surface area contributed by atoms with Crippen molar-refractivity contribution in [2.24, 2.45) is 0 Å². The Morgan fingerprint density at radius 2 is 1.69 bits per heavy atom. The average Bonchev–Trinajstić information content (AvgIpc) is 3.20. The van der Waals surface area contributed by atoms with Crippen LogP contribution in [0.5, 0.6) is 0 Å². The van der Waals surface area contributed by atoms with Gasteiger partial charge in [-0.1, -0.05) is 17.7 Å². The van der Waals surface area contributed by atoms with Crippen LogP contribution in [0.2, 0.25) is 5.02 Å². The zero-order valence-corrected chi connectivity index (χ0v) is 17.8. The summed E-state index contributed by atoms with van der Waals surface area (Å²) >= 11 is 5.90. The average molecular weight is 481 g/mol. The second-order valence-corrected chi connectivity index (χ2v) is 9.53. The van der Waals surface area contributed by atoms with E-state index in [1.165, 1.54) is 10.7 Å². The number of rotatable bonds is 4. The van der Waals surface area contributed by atoms with Crippen LogP contribution in [0.25, 0.3) is 5.69 Å². The van der Waals surface area contributed by atoms with Gasteiger partial charge in [0.25, 0.3) is 0 Å². The van der Waals surface area contributed by atoms with E-state index in [1.54, 1.807) is 24.3 Å². The predicted octanol–water partition coefficient (Wildman–Crippen LogP) is 2.49. The molecule has 0 aliphatic carbocycles. The summed E-state index contributed by atoms with van der Waals surface area (Å²) in [6.07, 6.45) is 0. The first-order valence-electron chi connectivity index (χ1n) is 9.24. The van der Waals surface area contributed by atoms with Crippen LogP contribution in [0.3, 0.4) is 0 Å². The van der Waals surface area contributed by atoms with Crippen molar-refractivity contribution in [2.75, 3.05) is 5.32 Å². The summed E-state index contributed by atoms with van der Waals surface area (Å²) in [7, 11) is -3.43. The van der Waals surface area contributed by atoms with Gasteiger partial charge in [-0.15, -0.1) is 0 Å². The van der Waals surface area contributed by atoms with Crippen LogP contribution in [0.1, 0.15) is 16.8 Å². The number of carbonyl (C=O) groups is 2. The second-order valence-electron chi connectivity index (χ2n) is 7.03. The molecule has 32 heavy (non-hydrogen) atoms. The fourth-order valence-electron chi connectivity index (χ4n) is 3.25. The molecular weight excluding hydrogens is 466 g/mol. The molecule has 2 amide bonds. The molecule has 1 aromatic heterocycles. The first-order valence-corrected chi connectivity index (χ1v) is 11.4. The third-order valence-corrected chi connectivity index (χ3v) is 6.48. The van der Waals surface area contributed by atoms with Crippen molar-refractivity contribution in [3.8, 4) is 5.69 Å². The van der Waals surface area contributed by atoms with Gasteiger partial charge in [0.2, 0.25) is 0 Å². The number of aromatic nitrogens is 2. The summed E-state index contributed by atoms with van der Waals surface area (Å²) in [5.41, 5.74) is 0.600. The Labute approximate surface area is 186 Å². The predicted molar refractivity (Wildman–Crippen MR) is 112 cm³/mol. The van der Waals surface area contributed by atoms with E-state index < -0.39 is 45.4 Å². The van der Waals surface area contributed by atoms with Gasteiger partial charge in [-0.05, 0) is 36.4 Å². The lowest BCUT2D eigenvalue weighted by molar-refractivity contribution is -0.136. The zero-order chi connectivity index (χ0) is 23.0. The minimum atomic E-state index is -3.43. The molecule has 1 aliphatic heterocycles. The lowest BCUT2D eigenvalue weighted by Gasteiger charge is -2.12. The van der Waals surface area contributed by atoms with Gasteiger partial charge < -0.3 is 10.6 Å². The Bertz CT molecular complexity index is 1320. The van der Waals surface area contributed by atoms with Crippen molar-refractivity contribution < 1.29 is 26.8 Å². The van der Waals surface area contributed by atoms with Crippen molar-refractivity contribution in [3.63, 3.8) is 0 Å². The molecule has 0 unspecified atom stereocenters. The van der Waals surface area contributed by atoms with Crippen molar-refractivity contribution in [1.82, 2.24) is 15.1 Å². The van der Waals surface area contributed by atoms with Gasteiger partial charge in [-0.2, -0.15) is 5.10 Å². The number of benzene rings is 2. The van der Waals surface area contributed by atoms with Crippen molar-refractivity contribution in [3.05, 3.63) is 75.9 Å². The van der Waals surface area contributed by atoms with Gasteiger partial charge in [-0.3, -0.25) is 9.59 Å². The lowest BCUT2D eigenvalue weighted by atomic mass is 10.2. The number of nitrogens with one attached hydrogen (secondary N) is 2. The van der Waals surface area contributed by atoms with Crippen LogP contribution >= 0.6 is 11.6 Å². The summed E-state index contributed by atoms with van der Waals surface area (Å²) in [6.45, 7) is -0.548. The zero-order valence-electron chi connectivity index (χ0n) is 16.2. The molecular formula is C20H15ClF2N4O4S. The number of halogens is 3. The minimum Gasteiger partial charge on any atom is -0.344 e. The van der Waals surface area contributed by atoms with Crippen LogP contribution in [0, 0.1) is 11.6 Å². The van der Waals surface area contributed by atoms with E-state index in [-0.39, 0.29) is 28.6 Å². The van der Waals surface area contributed by atoms with E-state index in [4.69, 9.17) is 11.6 Å². The lowest BCUT2D eigenvalue weighted by Crippen LogP contribution is -2.36. The smallest absolute Gasteiger partial charge is 0.314 e. The number of sulfone groups is 1. The van der Waals surface area contributed by atoms with Crippen LogP contribution in [-0.2, 0) is 37.5 Å². The normalized spacial score (nSPS) is 14.1. The maximum Gasteiger partial charge on any atom is 0.314 e. The summed E-state index contributed by atoms with van der Waals surface area (Å²) in [6, 6.07) is 9.61. The molecule has 12 heteroatoms. The Kier molecular flexibility index (Phi) is 5.70. The number of hydrogen-bond donors (Lipinski definition) is 2. The Morgan fingerprint density at radius 1 is 1.03 bits per heavy atom. The number of hydrogen-bond acceptors (Lipinski definition) is 5. The van der Waals surface area contributed by atoms with Crippen LogP contribution < -0.4 is 10.6 Å². The number of amides is 2. The fraction of sp³-hybridized carbons (Fsp3) is 0.150. The summed E-state index contributed by atoms with van der Waals surface area (Å²) < 4.78 is 52.8. The fourth-order valence-corrected chi connectivity index (χ4v) is 4.87. The molecule has 8 nitrogen and oxygen atoms in total. The number of fused-ring (bicyclic) bond motifs is 1. The minimum absolute atomic E-state index is 0.0145. The van der Waals surface area contributed by atoms with Gasteiger partial charge in [0.05, 0.1) is 22.9 Å². The Balaban J connectivity index is 1.58. The highest BCUT2D eigenvalue weighted by molar-refractivity contribution is 7.90. The summed E-state index contributed by atoms with van der Waals surface area (Å²) in [4.78, 5) is 24.7. The van der Waals surface area contributed by atoms with Gasteiger partial charge >= 0.3 is 11.8 Å². The Morgan fingerprint density at radius 3 is 2.34 bits per heavy atom. The highest BCUT2D eigenvalue weighted by Gasteiger charge is 2.34. The van der Waals surface area contributed by atoms with Gasteiger partial charge in [0.1, 0.15) is 17.5 Å². The van der Waals surface area contributed by atoms with E-state index in [0.717, 1.165) is 12.1 Å². The molecule has 0 spiro atoms. The highest BCUT2D eigenvalue weighted by Crippen LogP contribution is 2.33. The van der Waals surface area contributed by atoms with Crippen LogP contribution in [-0.4, -0.2) is 30.0 Å². The molecule has 2 N–H and O–H groups in total. The van der Waals surface area contributed by atoms with Gasteiger partial charge in [0.15, 0.2) is 9.84 Å². The molecule has 0 bridgehead atoms. The maximum absolute atomic E-state index is 13.7. The third kappa shape index (κ3) is 4.34. The molecule has 2 aromatic carbocycles. The number of nitrogens with zero attached hydrogens (tertiary/aromatic N) is 2. The highest BCUT2D eigenvalue weighted by atomic mass is 35.5. The van der Waals surface area contributed by atoms with Crippen LogP contribution in [0.15, 0.2) is 42.5 Å². The molecule has 0 radical (unpaired) electrons. The summed E-state index contributed by atoms with van der Waals surface area (Å²) in [5.74, 6) is -4.68. The second kappa shape index (κ2) is 8.32. The third-order valence-electron chi connectivity index (χ3n) is 4.78. The largest absolute Gasteiger partial charge is 0.344 e. The molecule has 166 valence electrons. The number of carbonyl (C=O) groups excluding carboxylic acids is 2. The number of anilines is 1. The van der Waals surface area contributed by atoms with Gasteiger partial charge in [-0.25, -0.2) is 21.9 Å². The maximum atomic E-state index is 13.7. The van der Waals surface area contributed by atoms with Gasteiger partial charge in [0, 0.05) is 22.7 Å². The topological polar surface area (TPSA) is 110 Å². The summed E-state index contributed by atoms with van der Waals surface area (Å²) in [5, 5.41) is 9.24. The molecule has 0 fully saturated rings. The molecule has 2 heterocycles. The monoisotopic (exact) mass is 480 g/mol. The first-order chi connectivity index (χ1) is 15.1. The van der Waals surface area contributed by atoms with Crippen molar-refractivity contribution in [1.29, 1.82) is 0 Å². The standard InChI is InChI=1S/C20H15ClF2N4O4S/c21-11-4-6-12(7-5-11)27-18(14-9-32(30,31)10-17(14)26-27)25-20(29)19(28)24-8-13-15(22)2-1-3-16(13)23/h1-7H,8-10H2,(H,24,28)(H,25,29). The van der Waals surface area contributed by atoms with E-state index >= 15 is 0 Å². The first kappa shape index (κ1) is 21.9. The SMILES string of the molecule is O=C(NCc1c(F)cccc1F)C(=O)Nc1c2c(nn1-c1ccc(Cl)cc1)CS(=O)(=O)C2. The molecule has 0 saturated carbocycles. The molecule has 1 aliphatic rings. The quantitative estimate of drug-likeness (QED) is 0.557. The molecule has 0 saturated heterocycles. The molecule has 3 aromatic rings. The Hall–Kier alpha value is -3.31. The van der Waals surface area contributed by atoms with E-state index in [1.807, 2.05) is 0 Å². The van der Waals surface area contributed by atoms with Crippen molar-refractivity contribution >= 4 is 39.1 Å². The van der Waals surface area contributed by atoms with Crippen molar-refractivity contribution in [2.45, 2.75) is 18.1 Å². The molecule has 4 rings (SSSR count). The molecule has 0 atom stereocenters. The van der Waals surface area contributed by atoms with E-state index in [2.05, 4.69) is 15.7 Å².